The lowest BCUT2D eigenvalue weighted by molar-refractivity contribution is 0.287. The van der Waals surface area contributed by atoms with Gasteiger partial charge in [-0.05, 0) is 53.8 Å². The largest absolute Gasteiger partial charge is 0.508 e. The molecule has 0 fully saturated rings. The molecule has 4 aromatic rings. The van der Waals surface area contributed by atoms with E-state index >= 15 is 0 Å². The number of phenolic OH excluding ortho intramolecular Hbond substituents is 1. The maximum absolute atomic E-state index is 14.9. The Bertz CT molecular complexity index is 1330. The molecule has 4 aromatic carbocycles. The van der Waals surface area contributed by atoms with Crippen LogP contribution in [0.2, 0.25) is 0 Å². The molecule has 0 aliphatic rings. The molecule has 0 aliphatic heterocycles. The molecule has 0 bridgehead atoms. The van der Waals surface area contributed by atoms with Gasteiger partial charge in [0.05, 0.1) is 6.61 Å². The van der Waals surface area contributed by atoms with Crippen LogP contribution in [-0.2, 0) is 6.61 Å². The van der Waals surface area contributed by atoms with E-state index in [4.69, 9.17) is 9.47 Å². The second-order valence-corrected chi connectivity index (χ2v) is 8.19. The van der Waals surface area contributed by atoms with Gasteiger partial charge in [0.1, 0.15) is 18.1 Å². The number of hydrogen-bond donors (Lipinski definition) is 1. The Balaban J connectivity index is 1.41. The van der Waals surface area contributed by atoms with Crippen LogP contribution in [0.1, 0.15) is 18.4 Å². The smallest absolute Gasteiger partial charge is 0.168 e. The molecule has 0 unspecified atom stereocenters. The molecule has 36 heavy (non-hydrogen) atoms. The lowest BCUT2D eigenvalue weighted by Crippen LogP contribution is -2.00. The van der Waals surface area contributed by atoms with E-state index in [0.717, 1.165) is 18.4 Å². The van der Waals surface area contributed by atoms with Gasteiger partial charge in [-0.1, -0.05) is 54.6 Å². The second kappa shape index (κ2) is 11.5. The maximum atomic E-state index is 14.9. The van der Waals surface area contributed by atoms with Crippen LogP contribution in [0, 0.1) is 17.5 Å². The van der Waals surface area contributed by atoms with Gasteiger partial charge in [-0.25, -0.2) is 13.2 Å². The van der Waals surface area contributed by atoms with Crippen LogP contribution >= 0.6 is 0 Å². The van der Waals surface area contributed by atoms with Gasteiger partial charge in [0.25, 0.3) is 0 Å². The summed E-state index contributed by atoms with van der Waals surface area (Å²) >= 11 is 0. The highest BCUT2D eigenvalue weighted by Gasteiger charge is 2.16. The summed E-state index contributed by atoms with van der Waals surface area (Å²) in [4.78, 5) is 0. The Morgan fingerprint density at radius 1 is 0.750 bits per heavy atom. The van der Waals surface area contributed by atoms with Crippen LogP contribution in [-0.4, -0.2) is 11.7 Å². The van der Waals surface area contributed by atoms with Crippen molar-refractivity contribution in [3.8, 4) is 39.5 Å². The van der Waals surface area contributed by atoms with Crippen molar-refractivity contribution in [2.45, 2.75) is 19.4 Å². The first-order chi connectivity index (χ1) is 17.5. The zero-order valence-electron chi connectivity index (χ0n) is 19.5. The van der Waals surface area contributed by atoms with Gasteiger partial charge < -0.3 is 14.6 Å². The molecule has 3 nitrogen and oxygen atoms in total. The van der Waals surface area contributed by atoms with Gasteiger partial charge in [0.15, 0.2) is 23.2 Å². The van der Waals surface area contributed by atoms with Crippen molar-refractivity contribution in [1.82, 2.24) is 0 Å². The lowest BCUT2D eigenvalue weighted by atomic mass is 9.98. The summed E-state index contributed by atoms with van der Waals surface area (Å²) in [6.07, 6.45) is 3.35. The highest BCUT2D eigenvalue weighted by Crippen LogP contribution is 2.32. The lowest BCUT2D eigenvalue weighted by Gasteiger charge is -2.11. The Morgan fingerprint density at radius 3 is 1.94 bits per heavy atom. The van der Waals surface area contributed by atoms with Crippen molar-refractivity contribution in [2.24, 2.45) is 0 Å². The summed E-state index contributed by atoms with van der Waals surface area (Å²) in [6.45, 7) is 4.22. The van der Waals surface area contributed by atoms with Gasteiger partial charge in [-0.2, -0.15) is 0 Å². The average molecular weight is 491 g/mol. The van der Waals surface area contributed by atoms with E-state index in [-0.39, 0.29) is 29.2 Å². The van der Waals surface area contributed by atoms with Crippen LogP contribution < -0.4 is 9.47 Å². The van der Waals surface area contributed by atoms with Crippen LogP contribution in [0.5, 0.6) is 17.2 Å². The molecule has 184 valence electrons. The summed E-state index contributed by atoms with van der Waals surface area (Å²) in [5.74, 6) is -1.84. The SMILES string of the molecule is C=CCCCOc1ccc(OCc2ccc(-c3ccc(-c4ccc(O)cc4)c(F)c3F)cc2)cc1F. The summed E-state index contributed by atoms with van der Waals surface area (Å²) in [5.41, 5.74) is 2.00. The van der Waals surface area contributed by atoms with Gasteiger partial charge in [-0.15, -0.1) is 6.58 Å². The average Bonchev–Trinajstić information content (AvgIpc) is 2.89. The topological polar surface area (TPSA) is 38.7 Å². The fourth-order valence-corrected chi connectivity index (χ4v) is 3.68. The van der Waals surface area contributed by atoms with Crippen LogP contribution in [0.25, 0.3) is 22.3 Å². The number of halogens is 3. The van der Waals surface area contributed by atoms with Crippen molar-refractivity contribution in [1.29, 1.82) is 0 Å². The Kier molecular flexibility index (Phi) is 7.95. The predicted octanol–water partition coefficient (Wildman–Crippen LogP) is 8.07. The third kappa shape index (κ3) is 5.89. The molecule has 1 N–H and O–H groups in total. The number of rotatable bonds is 10. The molecular weight excluding hydrogens is 465 g/mol. The maximum Gasteiger partial charge on any atom is 0.168 e. The van der Waals surface area contributed by atoms with Crippen molar-refractivity contribution in [2.75, 3.05) is 6.61 Å². The van der Waals surface area contributed by atoms with E-state index in [1.54, 1.807) is 36.4 Å². The molecule has 0 heterocycles. The van der Waals surface area contributed by atoms with Gasteiger partial charge in [-0.3, -0.25) is 0 Å². The number of benzene rings is 4. The number of allylic oxidation sites excluding steroid dienone is 1. The highest BCUT2D eigenvalue weighted by atomic mass is 19.2. The highest BCUT2D eigenvalue weighted by molar-refractivity contribution is 5.72. The summed E-state index contributed by atoms with van der Waals surface area (Å²) in [5, 5.41) is 9.41. The summed E-state index contributed by atoms with van der Waals surface area (Å²) in [6, 6.07) is 20.2. The quantitative estimate of drug-likeness (QED) is 0.180. The van der Waals surface area contributed by atoms with Gasteiger partial charge in [0.2, 0.25) is 0 Å². The minimum Gasteiger partial charge on any atom is -0.508 e. The zero-order chi connectivity index (χ0) is 25.5. The summed E-state index contributed by atoms with van der Waals surface area (Å²) < 4.78 is 55.0. The normalized spacial score (nSPS) is 10.8. The van der Waals surface area contributed by atoms with Crippen LogP contribution in [0.3, 0.4) is 0 Å². The first kappa shape index (κ1) is 24.9. The number of phenols is 1. The molecular formula is C30H25F3O3. The summed E-state index contributed by atoms with van der Waals surface area (Å²) in [7, 11) is 0. The molecule has 0 spiro atoms. The van der Waals surface area contributed by atoms with Crippen molar-refractivity contribution in [3.63, 3.8) is 0 Å². The number of ether oxygens (including phenoxy) is 2. The minimum absolute atomic E-state index is 0.0476. The molecule has 6 heteroatoms. The van der Waals surface area contributed by atoms with Crippen molar-refractivity contribution < 1.29 is 27.8 Å². The van der Waals surface area contributed by atoms with Crippen molar-refractivity contribution >= 4 is 0 Å². The molecule has 0 radical (unpaired) electrons. The van der Waals surface area contributed by atoms with Crippen LogP contribution in [0.4, 0.5) is 13.2 Å². The molecule has 0 aromatic heterocycles. The molecule has 4 rings (SSSR count). The van der Waals surface area contributed by atoms with E-state index in [9.17, 15) is 18.3 Å². The standard InChI is InChI=1S/C30H25F3O3/c1-2-3-4-17-35-28-16-13-24(18-27(28)31)36-19-20-5-7-21(8-6-20)25-14-15-26(30(33)29(25)32)22-9-11-23(34)12-10-22/h2,5-16,18,34H,1,3-4,17,19H2. The Hall–Kier alpha value is -4.19. The third-order valence-electron chi connectivity index (χ3n) is 5.64. The fraction of sp³-hybridized carbons (Fsp3) is 0.133. The fourth-order valence-electron chi connectivity index (χ4n) is 3.68. The Morgan fingerprint density at radius 2 is 1.36 bits per heavy atom. The van der Waals surface area contributed by atoms with E-state index in [1.165, 1.54) is 48.5 Å². The molecule has 0 saturated heterocycles. The number of unbranched alkanes of at least 4 members (excludes halogenated alkanes) is 1. The molecule has 0 aliphatic carbocycles. The molecule has 0 atom stereocenters. The predicted molar refractivity (Wildman–Crippen MR) is 135 cm³/mol. The van der Waals surface area contributed by atoms with E-state index in [0.29, 0.717) is 23.5 Å². The monoisotopic (exact) mass is 490 g/mol. The van der Waals surface area contributed by atoms with Crippen molar-refractivity contribution in [3.05, 3.63) is 115 Å². The number of aromatic hydroxyl groups is 1. The first-order valence-corrected chi connectivity index (χ1v) is 11.5. The second-order valence-electron chi connectivity index (χ2n) is 8.19. The Labute approximate surface area is 208 Å². The van der Waals surface area contributed by atoms with E-state index in [1.807, 2.05) is 0 Å². The van der Waals surface area contributed by atoms with Gasteiger partial charge in [0, 0.05) is 17.2 Å². The van der Waals surface area contributed by atoms with Crippen LogP contribution in [0.15, 0.2) is 91.5 Å². The minimum atomic E-state index is -0.958. The molecule has 0 saturated carbocycles. The van der Waals surface area contributed by atoms with E-state index in [2.05, 4.69) is 6.58 Å². The van der Waals surface area contributed by atoms with Gasteiger partial charge >= 0.3 is 0 Å². The third-order valence-corrected chi connectivity index (χ3v) is 5.64. The van der Waals surface area contributed by atoms with E-state index < -0.39 is 17.5 Å². The molecule has 0 amide bonds. The number of hydrogen-bond acceptors (Lipinski definition) is 3. The zero-order valence-corrected chi connectivity index (χ0v) is 19.5. The first-order valence-electron chi connectivity index (χ1n) is 11.5.